The van der Waals surface area contributed by atoms with Gasteiger partial charge >= 0.3 is 0 Å². The molecular weight excluding hydrogens is 264 g/mol. The van der Waals surface area contributed by atoms with Crippen LogP contribution in [-0.2, 0) is 10.0 Å². The molecule has 0 spiro atoms. The summed E-state index contributed by atoms with van der Waals surface area (Å²) in [5.74, 6) is 0.454. The maximum absolute atomic E-state index is 12.1. The maximum atomic E-state index is 12.1. The van der Waals surface area contributed by atoms with Crippen molar-refractivity contribution in [1.82, 2.24) is 14.5 Å². The predicted octanol–water partition coefficient (Wildman–Crippen LogP) is 1.76. The Morgan fingerprint density at radius 3 is 2.42 bits per heavy atom. The molecule has 0 aromatic carbocycles. The van der Waals surface area contributed by atoms with Gasteiger partial charge in [0.15, 0.2) is 0 Å². The second kappa shape index (κ2) is 6.38. The number of hydrogen-bond donors (Lipinski definition) is 2. The molecule has 0 saturated heterocycles. The van der Waals surface area contributed by atoms with E-state index < -0.39 is 10.0 Å². The fourth-order valence-corrected chi connectivity index (χ4v) is 3.11. The van der Waals surface area contributed by atoms with Crippen molar-refractivity contribution in [1.29, 1.82) is 0 Å². The fourth-order valence-electron chi connectivity index (χ4n) is 1.84. The van der Waals surface area contributed by atoms with Gasteiger partial charge in [-0.3, -0.25) is 0 Å². The van der Waals surface area contributed by atoms with Crippen LogP contribution in [0.3, 0.4) is 0 Å². The molecule has 110 valence electrons. The normalized spacial score (nSPS) is 12.5. The molecule has 0 aliphatic carbocycles. The molecule has 0 unspecified atom stereocenters. The van der Waals surface area contributed by atoms with Gasteiger partial charge < -0.3 is 5.73 Å². The van der Waals surface area contributed by atoms with Gasteiger partial charge in [0.05, 0.1) is 12.2 Å². The van der Waals surface area contributed by atoms with Crippen LogP contribution in [0.5, 0.6) is 0 Å². The first-order valence-corrected chi connectivity index (χ1v) is 8.14. The van der Waals surface area contributed by atoms with Crippen molar-refractivity contribution in [2.45, 2.75) is 51.5 Å². The van der Waals surface area contributed by atoms with Crippen LogP contribution in [0.2, 0.25) is 0 Å². The van der Waals surface area contributed by atoms with Gasteiger partial charge in [-0.15, -0.1) is 0 Å². The molecule has 0 amide bonds. The highest BCUT2D eigenvalue weighted by Gasteiger charge is 2.23. The molecule has 0 aliphatic heterocycles. The Balaban J connectivity index is 3.03. The van der Waals surface area contributed by atoms with E-state index in [1.807, 2.05) is 27.7 Å². The first kappa shape index (κ1) is 16.0. The lowest BCUT2D eigenvalue weighted by molar-refractivity contribution is 0.434. The van der Waals surface area contributed by atoms with E-state index >= 15 is 0 Å². The van der Waals surface area contributed by atoms with Crippen LogP contribution in [0.15, 0.2) is 11.1 Å². The van der Waals surface area contributed by atoms with Gasteiger partial charge in [-0.2, -0.15) is 5.10 Å². The van der Waals surface area contributed by atoms with E-state index in [9.17, 15) is 8.42 Å². The van der Waals surface area contributed by atoms with Gasteiger partial charge in [0.2, 0.25) is 10.0 Å². The van der Waals surface area contributed by atoms with Crippen LogP contribution in [-0.4, -0.2) is 24.7 Å². The smallest absolute Gasteiger partial charge is 0.245 e. The molecule has 0 atom stereocenters. The summed E-state index contributed by atoms with van der Waals surface area (Å²) in [6.07, 6.45) is 3.05. The molecule has 7 heteroatoms. The zero-order valence-corrected chi connectivity index (χ0v) is 12.9. The van der Waals surface area contributed by atoms with Gasteiger partial charge in [-0.1, -0.05) is 27.7 Å². The average Bonchev–Trinajstić information content (AvgIpc) is 2.72. The summed E-state index contributed by atoms with van der Waals surface area (Å²) in [6, 6.07) is 0.133. The third kappa shape index (κ3) is 3.70. The highest BCUT2D eigenvalue weighted by molar-refractivity contribution is 7.89. The average molecular weight is 288 g/mol. The number of nitrogens with two attached hydrogens (primary N) is 1. The molecular formula is C12H24N4O2S. The van der Waals surface area contributed by atoms with Crippen molar-refractivity contribution in [3.05, 3.63) is 6.20 Å². The summed E-state index contributed by atoms with van der Waals surface area (Å²) < 4.78 is 28.4. The number of sulfonamides is 1. The predicted molar refractivity (Wildman–Crippen MR) is 76.3 cm³/mol. The maximum Gasteiger partial charge on any atom is 0.245 e. The minimum atomic E-state index is -3.57. The minimum absolute atomic E-state index is 0.0695. The van der Waals surface area contributed by atoms with Crippen molar-refractivity contribution >= 4 is 15.8 Å². The molecule has 3 N–H and O–H groups in total. The molecule has 0 saturated carbocycles. The van der Waals surface area contributed by atoms with Crippen LogP contribution in [0, 0.1) is 5.92 Å². The first-order valence-electron chi connectivity index (χ1n) is 6.66. The number of hydrogen-bond acceptors (Lipinski definition) is 4. The van der Waals surface area contributed by atoms with Gasteiger partial charge in [-0.25, -0.2) is 17.8 Å². The number of nitrogens with one attached hydrogen (secondary N) is 1. The third-order valence-corrected chi connectivity index (χ3v) is 4.50. The number of anilines is 1. The number of rotatable bonds is 7. The Morgan fingerprint density at radius 2 is 1.95 bits per heavy atom. The first-order chi connectivity index (χ1) is 8.83. The summed E-state index contributed by atoms with van der Waals surface area (Å²) in [5.41, 5.74) is 5.93. The van der Waals surface area contributed by atoms with Gasteiger partial charge in [0, 0.05) is 6.54 Å². The van der Waals surface area contributed by atoms with Gasteiger partial charge in [0.25, 0.3) is 0 Å². The standard InChI is InChI=1S/C12H24N4O2S/c1-5-10(6-2)16-12(13)11(8-14-16)19(17,18)15-7-9(3)4/h8-10,15H,5-7,13H2,1-4H3. The van der Waals surface area contributed by atoms with Crippen molar-refractivity contribution in [3.63, 3.8) is 0 Å². The molecule has 1 heterocycles. The largest absolute Gasteiger partial charge is 0.383 e. The molecule has 0 aliphatic rings. The summed E-state index contributed by atoms with van der Waals surface area (Å²) in [6.45, 7) is 8.33. The second-order valence-corrected chi connectivity index (χ2v) is 6.79. The number of nitrogens with zero attached hydrogens (tertiary/aromatic N) is 2. The summed E-state index contributed by atoms with van der Waals surface area (Å²) in [7, 11) is -3.57. The lowest BCUT2D eigenvalue weighted by Crippen LogP contribution is -2.28. The molecule has 19 heavy (non-hydrogen) atoms. The number of nitrogen functional groups attached to an aromatic ring is 1. The van der Waals surface area contributed by atoms with Crippen LogP contribution < -0.4 is 10.5 Å². The Kier molecular flexibility index (Phi) is 5.37. The Morgan fingerprint density at radius 1 is 1.37 bits per heavy atom. The van der Waals surface area contributed by atoms with Crippen molar-refractivity contribution in [2.75, 3.05) is 12.3 Å². The van der Waals surface area contributed by atoms with E-state index in [4.69, 9.17) is 5.73 Å². The molecule has 6 nitrogen and oxygen atoms in total. The van der Waals surface area contributed by atoms with Crippen LogP contribution >= 0.6 is 0 Å². The zero-order valence-electron chi connectivity index (χ0n) is 12.0. The van der Waals surface area contributed by atoms with E-state index in [0.29, 0.717) is 6.54 Å². The van der Waals surface area contributed by atoms with Crippen molar-refractivity contribution in [3.8, 4) is 0 Å². The lowest BCUT2D eigenvalue weighted by Gasteiger charge is -2.15. The fraction of sp³-hybridized carbons (Fsp3) is 0.750. The molecule has 0 bridgehead atoms. The van der Waals surface area contributed by atoms with Crippen molar-refractivity contribution < 1.29 is 8.42 Å². The zero-order chi connectivity index (χ0) is 14.6. The number of aromatic nitrogens is 2. The van der Waals surface area contributed by atoms with Crippen LogP contribution in [0.4, 0.5) is 5.82 Å². The van der Waals surface area contributed by atoms with E-state index in [1.54, 1.807) is 4.68 Å². The Hall–Kier alpha value is -1.08. The highest BCUT2D eigenvalue weighted by Crippen LogP contribution is 2.24. The van der Waals surface area contributed by atoms with Crippen LogP contribution in [0.1, 0.15) is 46.6 Å². The minimum Gasteiger partial charge on any atom is -0.383 e. The topological polar surface area (TPSA) is 90.0 Å². The SMILES string of the molecule is CCC(CC)n1ncc(S(=O)(=O)NCC(C)C)c1N. The lowest BCUT2D eigenvalue weighted by atomic mass is 10.2. The van der Waals surface area contributed by atoms with Gasteiger partial charge in [0.1, 0.15) is 10.7 Å². The van der Waals surface area contributed by atoms with Crippen molar-refractivity contribution in [2.24, 2.45) is 5.92 Å². The Bertz CT molecular complexity index is 504. The second-order valence-electron chi connectivity index (χ2n) is 5.05. The van der Waals surface area contributed by atoms with Gasteiger partial charge in [-0.05, 0) is 18.8 Å². The van der Waals surface area contributed by atoms with E-state index in [1.165, 1.54) is 6.20 Å². The van der Waals surface area contributed by atoms with E-state index in [-0.39, 0.29) is 22.7 Å². The molecule has 1 aromatic rings. The third-order valence-electron chi connectivity index (χ3n) is 3.06. The summed E-state index contributed by atoms with van der Waals surface area (Å²) in [5, 5.41) is 4.12. The molecule has 0 fully saturated rings. The molecule has 0 radical (unpaired) electrons. The highest BCUT2D eigenvalue weighted by atomic mass is 32.2. The Labute approximate surface area is 115 Å². The van der Waals surface area contributed by atoms with E-state index in [2.05, 4.69) is 9.82 Å². The monoisotopic (exact) mass is 288 g/mol. The molecule has 1 rings (SSSR count). The quantitative estimate of drug-likeness (QED) is 0.800. The van der Waals surface area contributed by atoms with Crippen LogP contribution in [0.25, 0.3) is 0 Å². The summed E-state index contributed by atoms with van der Waals surface area (Å²) in [4.78, 5) is 0.0695. The summed E-state index contributed by atoms with van der Waals surface area (Å²) >= 11 is 0. The van der Waals surface area contributed by atoms with E-state index in [0.717, 1.165) is 12.8 Å². The molecule has 1 aromatic heterocycles.